The van der Waals surface area contributed by atoms with Crippen LogP contribution in [0.25, 0.3) is 11.1 Å². The molecule has 1 amide bonds. The first-order chi connectivity index (χ1) is 18.9. The number of aliphatic hydroxyl groups excluding tert-OH is 1. The zero-order valence-corrected chi connectivity index (χ0v) is 21.9. The van der Waals surface area contributed by atoms with E-state index >= 15 is 0 Å². The molecule has 0 unspecified atom stereocenters. The van der Waals surface area contributed by atoms with E-state index in [1.807, 2.05) is 55.5 Å². The average Bonchev–Trinajstić information content (AvgIpc) is 3.26. The van der Waals surface area contributed by atoms with Crippen LogP contribution in [0.15, 0.2) is 80.8 Å². The molecule has 1 aromatic heterocycles. The van der Waals surface area contributed by atoms with Crippen molar-refractivity contribution in [2.45, 2.75) is 45.8 Å². The van der Waals surface area contributed by atoms with Gasteiger partial charge in [0.1, 0.15) is 12.4 Å². The van der Waals surface area contributed by atoms with Gasteiger partial charge in [0.15, 0.2) is 0 Å². The molecule has 0 saturated heterocycles. The van der Waals surface area contributed by atoms with Gasteiger partial charge in [-0.1, -0.05) is 49.2 Å². The van der Waals surface area contributed by atoms with Crippen molar-refractivity contribution in [2.24, 2.45) is 0 Å². The smallest absolute Gasteiger partial charge is 0.440 e. The maximum absolute atomic E-state index is 12.5. The van der Waals surface area contributed by atoms with Gasteiger partial charge in [-0.25, -0.2) is 14.6 Å². The van der Waals surface area contributed by atoms with Crippen molar-refractivity contribution < 1.29 is 19.2 Å². The normalized spacial score (nSPS) is 10.9. The van der Waals surface area contributed by atoms with Crippen LogP contribution in [0.4, 0.5) is 0 Å². The highest BCUT2D eigenvalue weighted by atomic mass is 16.5. The molecular weight excluding hydrogens is 498 g/mol. The van der Waals surface area contributed by atoms with E-state index in [1.165, 1.54) is 0 Å². The van der Waals surface area contributed by atoms with Gasteiger partial charge < -0.3 is 19.7 Å². The lowest BCUT2D eigenvalue weighted by Crippen LogP contribution is -2.24. The Morgan fingerprint density at radius 2 is 1.77 bits per heavy atom. The predicted octanol–water partition coefficient (Wildman–Crippen LogP) is 4.01. The number of amides is 1. The molecule has 3 aromatic carbocycles. The SMILES string of the molecule is Cc1cc(C(=O)NCCCCCCO)ccc1-c1cccc(COc2ccc(Cn3oc(=O)[nH]c3=O)cc2)c1. The van der Waals surface area contributed by atoms with Gasteiger partial charge in [-0.3, -0.25) is 4.79 Å². The zero-order chi connectivity index (χ0) is 27.6. The number of carbonyl (C=O) groups is 1. The van der Waals surface area contributed by atoms with E-state index in [0.29, 0.717) is 24.5 Å². The number of aryl methyl sites for hydroxylation is 1. The van der Waals surface area contributed by atoms with Crippen molar-refractivity contribution >= 4 is 5.91 Å². The number of nitrogens with one attached hydrogen (secondary N) is 2. The van der Waals surface area contributed by atoms with Crippen LogP contribution in [0.1, 0.15) is 52.7 Å². The van der Waals surface area contributed by atoms with Crippen LogP contribution in [0.3, 0.4) is 0 Å². The fraction of sp³-hybridized carbons (Fsp3) is 0.300. The molecule has 0 bridgehead atoms. The minimum absolute atomic E-state index is 0.0790. The highest BCUT2D eigenvalue weighted by Gasteiger charge is 2.10. The van der Waals surface area contributed by atoms with E-state index in [1.54, 1.807) is 12.1 Å². The lowest BCUT2D eigenvalue weighted by atomic mass is 9.97. The Balaban J connectivity index is 1.33. The Morgan fingerprint density at radius 1 is 0.974 bits per heavy atom. The average molecular weight is 532 g/mol. The van der Waals surface area contributed by atoms with Gasteiger partial charge in [-0.05, 0) is 77.9 Å². The van der Waals surface area contributed by atoms with E-state index < -0.39 is 11.4 Å². The number of H-pyrrole nitrogens is 1. The second kappa shape index (κ2) is 13.4. The summed E-state index contributed by atoms with van der Waals surface area (Å²) in [6.07, 6.45) is 3.66. The fourth-order valence-electron chi connectivity index (χ4n) is 4.29. The third-order valence-electron chi connectivity index (χ3n) is 6.38. The highest BCUT2D eigenvalue weighted by Crippen LogP contribution is 2.26. The standard InChI is InChI=1S/C30H33N3O6/c1-21-17-25(28(35)31-15-4-2-3-5-16-34)11-14-27(21)24-8-6-7-23(18-24)20-38-26-12-9-22(10-13-26)19-33-29(36)32-30(37)39-33/h6-14,17-18,34H,2-5,15-16,19-20H2,1H3,(H,31,35)(H,32,36,37). The number of aromatic amines is 1. The Morgan fingerprint density at radius 3 is 2.49 bits per heavy atom. The topological polar surface area (TPSA) is 127 Å². The van der Waals surface area contributed by atoms with E-state index in [9.17, 15) is 14.4 Å². The Kier molecular flexibility index (Phi) is 9.53. The summed E-state index contributed by atoms with van der Waals surface area (Å²) in [6.45, 7) is 3.35. The van der Waals surface area contributed by atoms with Gasteiger partial charge in [0.05, 0.1) is 6.54 Å². The van der Waals surface area contributed by atoms with Crippen LogP contribution in [0.5, 0.6) is 5.75 Å². The molecule has 1 heterocycles. The van der Waals surface area contributed by atoms with Gasteiger partial charge >= 0.3 is 11.4 Å². The molecule has 3 N–H and O–H groups in total. The summed E-state index contributed by atoms with van der Waals surface area (Å²) in [6, 6.07) is 21.0. The number of aromatic nitrogens is 2. The van der Waals surface area contributed by atoms with Crippen molar-refractivity contribution in [3.8, 4) is 16.9 Å². The molecule has 4 rings (SSSR count). The first kappa shape index (κ1) is 27.7. The molecule has 0 saturated carbocycles. The summed E-state index contributed by atoms with van der Waals surface area (Å²) >= 11 is 0. The monoisotopic (exact) mass is 531 g/mol. The van der Waals surface area contributed by atoms with Crippen LogP contribution in [-0.4, -0.2) is 33.9 Å². The summed E-state index contributed by atoms with van der Waals surface area (Å²) in [5, 5.41) is 11.8. The number of nitrogens with zero attached hydrogens (tertiary/aromatic N) is 1. The zero-order valence-electron chi connectivity index (χ0n) is 21.9. The molecular formula is C30H33N3O6. The van der Waals surface area contributed by atoms with Crippen molar-refractivity contribution in [1.82, 2.24) is 15.0 Å². The number of hydrogen-bond donors (Lipinski definition) is 3. The summed E-state index contributed by atoms with van der Waals surface area (Å²) < 4.78 is 11.7. The van der Waals surface area contributed by atoms with Gasteiger partial charge in [0.25, 0.3) is 5.91 Å². The molecule has 0 aliphatic rings. The number of hydrogen-bond acceptors (Lipinski definition) is 6. The lowest BCUT2D eigenvalue weighted by Gasteiger charge is -2.12. The summed E-state index contributed by atoms with van der Waals surface area (Å²) in [5.74, 6) is -0.187. The van der Waals surface area contributed by atoms with E-state index in [4.69, 9.17) is 14.4 Å². The molecule has 0 spiro atoms. The fourth-order valence-corrected chi connectivity index (χ4v) is 4.29. The molecule has 9 nitrogen and oxygen atoms in total. The molecule has 9 heteroatoms. The predicted molar refractivity (Wildman–Crippen MR) is 148 cm³/mol. The van der Waals surface area contributed by atoms with Crippen LogP contribution in [-0.2, 0) is 13.2 Å². The maximum Gasteiger partial charge on any atom is 0.440 e. The number of rotatable bonds is 13. The molecule has 0 aliphatic heterocycles. The molecule has 0 atom stereocenters. The summed E-state index contributed by atoms with van der Waals surface area (Å²) in [4.78, 5) is 37.3. The van der Waals surface area contributed by atoms with Crippen molar-refractivity contribution in [3.05, 3.63) is 110 Å². The van der Waals surface area contributed by atoms with Crippen molar-refractivity contribution in [1.29, 1.82) is 0 Å². The Hall–Kier alpha value is -4.37. The molecule has 4 aromatic rings. The third-order valence-corrected chi connectivity index (χ3v) is 6.38. The van der Waals surface area contributed by atoms with Crippen molar-refractivity contribution in [2.75, 3.05) is 13.2 Å². The lowest BCUT2D eigenvalue weighted by molar-refractivity contribution is 0.0952. The van der Waals surface area contributed by atoms with Gasteiger partial charge in [-0.15, -0.1) is 4.74 Å². The van der Waals surface area contributed by atoms with Gasteiger partial charge in [-0.2, -0.15) is 0 Å². The number of aliphatic hydroxyl groups is 1. The van der Waals surface area contributed by atoms with Crippen LogP contribution in [0, 0.1) is 6.92 Å². The molecule has 0 aliphatic carbocycles. The second-order valence-corrected chi connectivity index (χ2v) is 9.40. The number of carbonyl (C=O) groups excluding carboxylic acids is 1. The van der Waals surface area contributed by atoms with Crippen LogP contribution >= 0.6 is 0 Å². The van der Waals surface area contributed by atoms with Crippen LogP contribution in [0.2, 0.25) is 0 Å². The highest BCUT2D eigenvalue weighted by molar-refractivity contribution is 5.95. The molecule has 0 fully saturated rings. The number of ether oxygens (including phenoxy) is 1. The third kappa shape index (κ3) is 7.81. The van der Waals surface area contributed by atoms with Gasteiger partial charge in [0, 0.05) is 18.7 Å². The first-order valence-electron chi connectivity index (χ1n) is 13.0. The van der Waals surface area contributed by atoms with Gasteiger partial charge in [0.2, 0.25) is 0 Å². The summed E-state index contributed by atoms with van der Waals surface area (Å²) in [7, 11) is 0. The quantitative estimate of drug-likeness (QED) is 0.224. The van der Waals surface area contributed by atoms with E-state index in [0.717, 1.165) is 58.2 Å². The number of benzene rings is 3. The largest absolute Gasteiger partial charge is 0.489 e. The van der Waals surface area contributed by atoms with E-state index in [-0.39, 0.29) is 19.1 Å². The minimum atomic E-state index is -0.782. The minimum Gasteiger partial charge on any atom is -0.489 e. The van der Waals surface area contributed by atoms with Crippen molar-refractivity contribution in [3.63, 3.8) is 0 Å². The summed E-state index contributed by atoms with van der Waals surface area (Å²) in [5.41, 5.74) is 4.94. The Labute approximate surface area is 226 Å². The second-order valence-electron chi connectivity index (χ2n) is 9.40. The maximum atomic E-state index is 12.5. The van der Waals surface area contributed by atoms with Crippen LogP contribution < -0.4 is 21.5 Å². The van der Waals surface area contributed by atoms with E-state index in [2.05, 4.69) is 16.4 Å². The Bertz CT molecular complexity index is 1500. The first-order valence-corrected chi connectivity index (χ1v) is 13.0. The molecule has 0 radical (unpaired) electrons. The number of unbranched alkanes of at least 4 members (excludes halogenated alkanes) is 3. The molecule has 39 heavy (non-hydrogen) atoms. The molecule has 204 valence electrons.